The first kappa shape index (κ1) is 11.9. The van der Waals surface area contributed by atoms with Gasteiger partial charge in [0.05, 0.1) is 0 Å². The van der Waals surface area contributed by atoms with Crippen LogP contribution < -0.4 is 0 Å². The van der Waals surface area contributed by atoms with Crippen molar-refractivity contribution in [2.45, 2.75) is 26.7 Å². The van der Waals surface area contributed by atoms with E-state index in [1.165, 1.54) is 13.3 Å². The molecule has 0 aliphatic carbocycles. The van der Waals surface area contributed by atoms with Crippen molar-refractivity contribution in [3.63, 3.8) is 0 Å². The predicted octanol–water partition coefficient (Wildman–Crippen LogP) is 2.09. The van der Waals surface area contributed by atoms with Gasteiger partial charge in [0.25, 0.3) is 5.91 Å². The summed E-state index contributed by atoms with van der Waals surface area (Å²) in [7, 11) is 0. The number of Topliss-reactive ketones (excluding diaryl/α,β-unsaturated/α-hetero) is 1. The third kappa shape index (κ3) is 2.57. The maximum absolute atomic E-state index is 12.2. The van der Waals surface area contributed by atoms with Crippen molar-refractivity contribution >= 4 is 11.7 Å². The van der Waals surface area contributed by atoms with E-state index in [2.05, 4.69) is 11.9 Å². The molecule has 0 bridgehead atoms. The van der Waals surface area contributed by atoms with Crippen LogP contribution in [0.1, 0.15) is 47.5 Å². The molecule has 17 heavy (non-hydrogen) atoms. The number of hydrogen-bond donors (Lipinski definition) is 1. The van der Waals surface area contributed by atoms with E-state index in [-0.39, 0.29) is 11.7 Å². The number of piperidine rings is 1. The van der Waals surface area contributed by atoms with E-state index in [0.29, 0.717) is 17.2 Å². The molecule has 1 aliphatic rings. The number of nitrogens with zero attached hydrogens (tertiary/aromatic N) is 1. The topological polar surface area (TPSA) is 53.2 Å². The first-order chi connectivity index (χ1) is 8.08. The lowest BCUT2D eigenvalue weighted by atomic mass is 10.00. The summed E-state index contributed by atoms with van der Waals surface area (Å²) in [5, 5.41) is 0. The number of ketones is 1. The second-order valence-electron chi connectivity index (χ2n) is 4.86. The molecule has 2 rings (SSSR count). The van der Waals surface area contributed by atoms with Gasteiger partial charge in [-0.3, -0.25) is 9.59 Å². The molecule has 0 aromatic carbocycles. The highest BCUT2D eigenvalue weighted by atomic mass is 16.2. The smallest absolute Gasteiger partial charge is 0.270 e. The zero-order valence-electron chi connectivity index (χ0n) is 10.3. The molecule has 1 saturated heterocycles. The van der Waals surface area contributed by atoms with E-state index in [0.717, 1.165) is 19.5 Å². The van der Waals surface area contributed by atoms with Crippen LogP contribution in [0.5, 0.6) is 0 Å². The van der Waals surface area contributed by atoms with Crippen LogP contribution in [0.3, 0.4) is 0 Å². The zero-order chi connectivity index (χ0) is 12.4. The van der Waals surface area contributed by atoms with Gasteiger partial charge in [-0.2, -0.15) is 0 Å². The third-order valence-corrected chi connectivity index (χ3v) is 3.26. The summed E-state index contributed by atoms with van der Waals surface area (Å²) < 4.78 is 0. The molecule has 1 N–H and O–H groups in total. The van der Waals surface area contributed by atoms with Gasteiger partial charge in [-0.05, 0) is 31.7 Å². The van der Waals surface area contributed by atoms with Gasteiger partial charge in [-0.1, -0.05) is 6.92 Å². The van der Waals surface area contributed by atoms with Crippen molar-refractivity contribution in [1.29, 1.82) is 0 Å². The molecule has 0 radical (unpaired) electrons. The minimum absolute atomic E-state index is 0.00375. The maximum atomic E-state index is 12.2. The molecule has 2 heterocycles. The van der Waals surface area contributed by atoms with E-state index in [9.17, 15) is 9.59 Å². The SMILES string of the molecule is CC(=O)c1c[nH]c(C(=O)N2CCCC(C)C2)c1. The molecule has 1 atom stereocenters. The number of nitrogens with one attached hydrogen (secondary N) is 1. The molecule has 4 heteroatoms. The van der Waals surface area contributed by atoms with Crippen LogP contribution in [0.25, 0.3) is 0 Å². The first-order valence-electron chi connectivity index (χ1n) is 6.06. The molecule has 0 saturated carbocycles. The van der Waals surface area contributed by atoms with Gasteiger partial charge < -0.3 is 9.88 Å². The standard InChI is InChI=1S/C13H18N2O2/c1-9-4-3-5-15(8-9)13(17)12-6-11(7-14-12)10(2)16/h6-7,9,14H,3-5,8H2,1-2H3. The third-order valence-electron chi connectivity index (χ3n) is 3.26. The fourth-order valence-electron chi connectivity index (χ4n) is 2.27. The molecule has 1 amide bonds. The Bertz CT molecular complexity index is 436. The molecule has 1 aromatic rings. The van der Waals surface area contributed by atoms with E-state index in [4.69, 9.17) is 0 Å². The second-order valence-corrected chi connectivity index (χ2v) is 4.86. The lowest BCUT2D eigenvalue weighted by Crippen LogP contribution is -2.39. The van der Waals surface area contributed by atoms with Crippen LogP contribution in [0.15, 0.2) is 12.3 Å². The van der Waals surface area contributed by atoms with Gasteiger partial charge in [0.2, 0.25) is 0 Å². The normalized spacial score (nSPS) is 20.4. The summed E-state index contributed by atoms with van der Waals surface area (Å²) in [6.45, 7) is 5.29. The number of carbonyl (C=O) groups excluding carboxylic acids is 2. The predicted molar refractivity (Wildman–Crippen MR) is 65.1 cm³/mol. The summed E-state index contributed by atoms with van der Waals surface area (Å²) in [5.41, 5.74) is 1.09. The largest absolute Gasteiger partial charge is 0.356 e. The van der Waals surface area contributed by atoms with Crippen molar-refractivity contribution in [1.82, 2.24) is 9.88 Å². The summed E-state index contributed by atoms with van der Waals surface area (Å²) >= 11 is 0. The highest BCUT2D eigenvalue weighted by molar-refractivity contribution is 5.99. The highest BCUT2D eigenvalue weighted by Gasteiger charge is 2.23. The average Bonchev–Trinajstić information content (AvgIpc) is 2.77. The van der Waals surface area contributed by atoms with Gasteiger partial charge in [0, 0.05) is 24.8 Å². The molecule has 0 spiro atoms. The fourth-order valence-corrected chi connectivity index (χ4v) is 2.27. The summed E-state index contributed by atoms with van der Waals surface area (Å²) in [6.07, 6.45) is 3.85. The van der Waals surface area contributed by atoms with Crippen molar-refractivity contribution in [3.8, 4) is 0 Å². The van der Waals surface area contributed by atoms with E-state index < -0.39 is 0 Å². The van der Waals surface area contributed by atoms with E-state index in [1.54, 1.807) is 12.3 Å². The number of carbonyl (C=O) groups is 2. The molecule has 1 unspecified atom stereocenters. The van der Waals surface area contributed by atoms with Gasteiger partial charge in [-0.15, -0.1) is 0 Å². The van der Waals surface area contributed by atoms with Crippen molar-refractivity contribution in [2.24, 2.45) is 5.92 Å². The van der Waals surface area contributed by atoms with E-state index >= 15 is 0 Å². The Morgan fingerprint density at radius 1 is 1.47 bits per heavy atom. The number of hydrogen-bond acceptors (Lipinski definition) is 2. The Morgan fingerprint density at radius 3 is 2.82 bits per heavy atom. The van der Waals surface area contributed by atoms with Gasteiger partial charge in [0.15, 0.2) is 5.78 Å². The highest BCUT2D eigenvalue weighted by Crippen LogP contribution is 2.18. The quantitative estimate of drug-likeness (QED) is 0.797. The molecule has 1 fully saturated rings. The molecule has 4 nitrogen and oxygen atoms in total. The fraction of sp³-hybridized carbons (Fsp3) is 0.538. The first-order valence-corrected chi connectivity index (χ1v) is 6.06. The summed E-state index contributed by atoms with van der Waals surface area (Å²) in [5.74, 6) is 0.548. The minimum atomic E-state index is -0.0210. The van der Waals surface area contributed by atoms with Crippen LogP contribution in [0.4, 0.5) is 0 Å². The summed E-state index contributed by atoms with van der Waals surface area (Å²) in [4.78, 5) is 28.1. The second kappa shape index (κ2) is 4.73. The van der Waals surface area contributed by atoms with Crippen LogP contribution in [-0.2, 0) is 0 Å². The van der Waals surface area contributed by atoms with Gasteiger partial charge in [0.1, 0.15) is 5.69 Å². The Balaban J connectivity index is 2.10. The van der Waals surface area contributed by atoms with Gasteiger partial charge in [-0.25, -0.2) is 0 Å². The Kier molecular flexibility index (Phi) is 3.31. The van der Waals surface area contributed by atoms with Crippen molar-refractivity contribution in [2.75, 3.05) is 13.1 Å². The Hall–Kier alpha value is -1.58. The minimum Gasteiger partial charge on any atom is -0.356 e. The molecule has 92 valence electrons. The lowest BCUT2D eigenvalue weighted by molar-refractivity contribution is 0.0678. The van der Waals surface area contributed by atoms with Crippen LogP contribution in [-0.4, -0.2) is 34.7 Å². The number of likely N-dealkylation sites (tertiary alicyclic amines) is 1. The number of rotatable bonds is 2. The Labute approximate surface area is 101 Å². The van der Waals surface area contributed by atoms with Crippen LogP contribution in [0, 0.1) is 5.92 Å². The maximum Gasteiger partial charge on any atom is 0.270 e. The number of aromatic nitrogens is 1. The van der Waals surface area contributed by atoms with Crippen molar-refractivity contribution < 1.29 is 9.59 Å². The van der Waals surface area contributed by atoms with Crippen molar-refractivity contribution in [3.05, 3.63) is 23.5 Å². The number of H-pyrrole nitrogens is 1. The van der Waals surface area contributed by atoms with Gasteiger partial charge >= 0.3 is 0 Å². The molecular formula is C13H18N2O2. The van der Waals surface area contributed by atoms with E-state index in [1.807, 2.05) is 4.90 Å². The van der Waals surface area contributed by atoms with Crippen LogP contribution >= 0.6 is 0 Å². The average molecular weight is 234 g/mol. The molecule has 1 aliphatic heterocycles. The number of aromatic amines is 1. The molecular weight excluding hydrogens is 216 g/mol. The lowest BCUT2D eigenvalue weighted by Gasteiger charge is -2.30. The summed E-state index contributed by atoms with van der Waals surface area (Å²) in [6, 6.07) is 1.64. The monoisotopic (exact) mass is 234 g/mol. The zero-order valence-corrected chi connectivity index (χ0v) is 10.3. The Morgan fingerprint density at radius 2 is 2.24 bits per heavy atom. The molecule has 1 aromatic heterocycles. The van der Waals surface area contributed by atoms with Crippen LogP contribution in [0.2, 0.25) is 0 Å². The number of amides is 1.